The van der Waals surface area contributed by atoms with E-state index in [4.69, 9.17) is 0 Å². The highest BCUT2D eigenvalue weighted by atomic mass is 19.2. The second-order valence-electron chi connectivity index (χ2n) is 6.33. The Morgan fingerprint density at radius 2 is 1.86 bits per heavy atom. The Bertz CT molecular complexity index is 547. The van der Waals surface area contributed by atoms with Gasteiger partial charge in [-0.25, -0.2) is 4.79 Å². The molecule has 0 aromatic heterocycles. The topological polar surface area (TPSA) is 56.8 Å². The second-order valence-corrected chi connectivity index (χ2v) is 6.33. The number of hydrazine groups is 3. The highest BCUT2D eigenvalue weighted by Crippen LogP contribution is 2.28. The zero-order valence-corrected chi connectivity index (χ0v) is 13.0. The highest BCUT2D eigenvalue weighted by Gasteiger charge is 2.45. The number of ether oxygens (including phenoxy) is 1. The number of hydrogen-bond acceptors (Lipinski definition) is 6. The van der Waals surface area contributed by atoms with Crippen LogP contribution in [0.4, 0.5) is 8.87 Å². The van der Waals surface area contributed by atoms with E-state index in [1.54, 1.807) is 0 Å². The summed E-state index contributed by atoms with van der Waals surface area (Å²) in [5, 5.41) is 1.10. The first-order chi connectivity index (χ1) is 10.1. The molecular formula is C14H20F2N4O2. The lowest BCUT2D eigenvalue weighted by molar-refractivity contribution is -0.199. The third kappa shape index (κ3) is 3.58. The fourth-order valence-electron chi connectivity index (χ4n) is 2.07. The molecule has 22 heavy (non-hydrogen) atoms. The van der Waals surface area contributed by atoms with Gasteiger partial charge in [0.25, 0.3) is 5.92 Å². The summed E-state index contributed by atoms with van der Waals surface area (Å²) in [6, 6.07) is 5.61. The van der Waals surface area contributed by atoms with Gasteiger partial charge in [0.05, 0.1) is 12.7 Å². The Hall–Kier alpha value is -1.61. The second kappa shape index (κ2) is 5.88. The molecule has 0 aliphatic carbocycles. The van der Waals surface area contributed by atoms with E-state index < -0.39 is 11.9 Å². The van der Waals surface area contributed by atoms with Crippen LogP contribution < -0.4 is 10.9 Å². The van der Waals surface area contributed by atoms with Gasteiger partial charge in [-0.2, -0.15) is 15.2 Å². The number of esters is 1. The molecule has 2 rings (SSSR count). The Balaban J connectivity index is 2.16. The summed E-state index contributed by atoms with van der Waals surface area (Å²) >= 11 is 0. The van der Waals surface area contributed by atoms with Crippen molar-refractivity contribution in [1.29, 1.82) is 0 Å². The molecule has 1 aromatic rings. The van der Waals surface area contributed by atoms with Crippen molar-refractivity contribution in [2.24, 2.45) is 5.41 Å². The van der Waals surface area contributed by atoms with Crippen LogP contribution >= 0.6 is 0 Å². The van der Waals surface area contributed by atoms with Gasteiger partial charge in [0, 0.05) is 17.4 Å². The molecule has 1 atom stereocenters. The first-order valence-corrected chi connectivity index (χ1v) is 6.81. The average molecular weight is 314 g/mol. The van der Waals surface area contributed by atoms with Gasteiger partial charge in [-0.15, -0.1) is 5.12 Å². The van der Waals surface area contributed by atoms with Crippen LogP contribution in [0.1, 0.15) is 36.7 Å². The first-order valence-electron chi connectivity index (χ1n) is 6.81. The maximum Gasteiger partial charge on any atom is 0.337 e. The molecule has 0 saturated carbocycles. The van der Waals surface area contributed by atoms with Crippen LogP contribution in [0.3, 0.4) is 0 Å². The summed E-state index contributed by atoms with van der Waals surface area (Å²) in [5.41, 5.74) is 4.71. The van der Waals surface area contributed by atoms with Gasteiger partial charge in [0.1, 0.15) is 0 Å². The van der Waals surface area contributed by atoms with Crippen molar-refractivity contribution in [2.45, 2.75) is 26.7 Å². The summed E-state index contributed by atoms with van der Waals surface area (Å²) in [6.07, 6.45) is 0. The Morgan fingerprint density at radius 1 is 1.27 bits per heavy atom. The van der Waals surface area contributed by atoms with Crippen molar-refractivity contribution in [1.82, 2.24) is 21.3 Å². The minimum absolute atomic E-state index is 0.0828. The molecule has 8 heteroatoms. The number of alkyl halides is 1. The number of hydrogen-bond donors (Lipinski definition) is 2. The van der Waals surface area contributed by atoms with Gasteiger partial charge in [-0.3, -0.25) is 0 Å². The molecule has 1 heterocycles. The normalized spacial score (nSPS) is 23.7. The largest absolute Gasteiger partial charge is 0.465 e. The molecule has 0 amide bonds. The molecule has 6 nitrogen and oxygen atoms in total. The lowest BCUT2D eigenvalue weighted by Crippen LogP contribution is -2.46. The van der Waals surface area contributed by atoms with E-state index in [0.717, 1.165) is 5.12 Å². The van der Waals surface area contributed by atoms with Crippen LogP contribution in [0.15, 0.2) is 24.3 Å². The van der Waals surface area contributed by atoms with Crippen molar-refractivity contribution in [3.05, 3.63) is 35.4 Å². The van der Waals surface area contributed by atoms with E-state index in [2.05, 4.69) is 15.6 Å². The van der Waals surface area contributed by atoms with Crippen LogP contribution in [0.2, 0.25) is 0 Å². The summed E-state index contributed by atoms with van der Waals surface area (Å²) in [7, 11) is 1.26. The fourth-order valence-corrected chi connectivity index (χ4v) is 2.07. The summed E-state index contributed by atoms with van der Waals surface area (Å²) in [6.45, 7) is 5.98. The molecule has 1 aliphatic heterocycles. The van der Waals surface area contributed by atoms with Gasteiger partial charge in [-0.05, 0) is 17.5 Å². The molecule has 1 aliphatic rings. The molecule has 0 bridgehead atoms. The summed E-state index contributed by atoms with van der Waals surface area (Å²) < 4.78 is 33.3. The molecule has 2 N–H and O–H groups in total. The number of halogens is 2. The average Bonchev–Trinajstić information content (AvgIpc) is 2.72. The Morgan fingerprint density at radius 3 is 2.36 bits per heavy atom. The van der Waals surface area contributed by atoms with E-state index >= 15 is 0 Å². The van der Waals surface area contributed by atoms with Crippen LogP contribution in [0.25, 0.3) is 0 Å². The summed E-state index contributed by atoms with van der Waals surface area (Å²) in [5.74, 6) is -2.82. The van der Waals surface area contributed by atoms with E-state index in [9.17, 15) is 13.7 Å². The smallest absolute Gasteiger partial charge is 0.337 e. The molecule has 1 unspecified atom stereocenters. The number of carbonyl (C=O) groups excluding carboxylic acids is 1. The van der Waals surface area contributed by atoms with Crippen molar-refractivity contribution < 1.29 is 18.4 Å². The Kier molecular flexibility index (Phi) is 4.48. The molecule has 1 saturated heterocycles. The van der Waals surface area contributed by atoms with E-state index in [1.807, 2.05) is 20.8 Å². The number of nitrogens with one attached hydrogen (secondary N) is 2. The van der Waals surface area contributed by atoms with Gasteiger partial charge in [0.2, 0.25) is 0 Å². The van der Waals surface area contributed by atoms with Crippen LogP contribution in [-0.2, 0) is 10.7 Å². The van der Waals surface area contributed by atoms with E-state index in [-0.39, 0.29) is 28.4 Å². The molecule has 1 fully saturated rings. The van der Waals surface area contributed by atoms with Crippen LogP contribution in [-0.4, -0.2) is 30.1 Å². The minimum atomic E-state index is -2.30. The molecular weight excluding hydrogens is 294 g/mol. The molecule has 0 radical (unpaired) electrons. The molecule has 0 spiro atoms. The third-order valence-electron chi connectivity index (χ3n) is 3.07. The van der Waals surface area contributed by atoms with Crippen molar-refractivity contribution in [3.63, 3.8) is 0 Å². The zero-order valence-electron chi connectivity index (χ0n) is 13.0. The highest BCUT2D eigenvalue weighted by molar-refractivity contribution is 5.89. The van der Waals surface area contributed by atoms with E-state index in [1.165, 1.54) is 31.4 Å². The van der Waals surface area contributed by atoms with Gasteiger partial charge >= 0.3 is 5.97 Å². The van der Waals surface area contributed by atoms with Crippen molar-refractivity contribution in [2.75, 3.05) is 13.7 Å². The lowest BCUT2D eigenvalue weighted by Gasteiger charge is -2.26. The number of nitrogens with zero attached hydrogens (tertiary/aromatic N) is 2. The fraction of sp³-hybridized carbons (Fsp3) is 0.500. The SMILES string of the molecule is COC(=O)c1ccc(C2(F)NN(F)N(CC(C)(C)C)N2)cc1. The molecule has 1 aromatic carbocycles. The third-order valence-corrected chi connectivity index (χ3v) is 3.07. The lowest BCUT2D eigenvalue weighted by atomic mass is 9.97. The van der Waals surface area contributed by atoms with Crippen LogP contribution in [0, 0.1) is 5.41 Å². The van der Waals surface area contributed by atoms with E-state index in [0.29, 0.717) is 0 Å². The maximum atomic E-state index is 14.9. The Labute approximate surface area is 127 Å². The predicted octanol–water partition coefficient (Wildman–Crippen LogP) is 2.03. The standard InChI is InChI=1S/C14H20F2N4O2/c1-13(2,3)9-19-17-14(15,18-20(19)16)11-7-5-10(6-8-11)12(21)22-4/h5-8,17-18H,9H2,1-4H3. The monoisotopic (exact) mass is 314 g/mol. The molecule has 122 valence electrons. The first kappa shape index (κ1) is 16.8. The van der Waals surface area contributed by atoms with Crippen LogP contribution in [0.5, 0.6) is 0 Å². The van der Waals surface area contributed by atoms with Crippen molar-refractivity contribution in [3.8, 4) is 0 Å². The number of methoxy groups -OCH3 is 1. The number of benzene rings is 1. The quantitative estimate of drug-likeness (QED) is 0.506. The zero-order chi connectivity index (χ0) is 16.5. The van der Waals surface area contributed by atoms with Crippen molar-refractivity contribution >= 4 is 5.97 Å². The number of rotatable bonds is 3. The number of carbonyl (C=O) groups is 1. The minimum Gasteiger partial charge on any atom is -0.465 e. The van der Waals surface area contributed by atoms with Gasteiger partial charge in [0.15, 0.2) is 0 Å². The predicted molar refractivity (Wildman–Crippen MR) is 75.9 cm³/mol. The summed E-state index contributed by atoms with van der Waals surface area (Å²) in [4.78, 5) is 11.4. The van der Waals surface area contributed by atoms with Gasteiger partial charge in [-0.1, -0.05) is 37.4 Å². The van der Waals surface area contributed by atoms with Gasteiger partial charge < -0.3 is 4.74 Å². The maximum absolute atomic E-state index is 14.9.